The molecule has 8 nitrogen and oxygen atoms in total. The number of nitriles is 2. The first-order valence-electron chi connectivity index (χ1n) is 23.6. The molecular weight excluding hydrogens is 808 g/mol. The third kappa shape index (κ3) is 21.0. The molecule has 0 aliphatic carbocycles. The Labute approximate surface area is 386 Å². The molecule has 0 aliphatic heterocycles. The van der Waals surface area contributed by atoms with Gasteiger partial charge in [0.1, 0.15) is 35.8 Å². The maximum Gasteiger partial charge on any atom is 0.341 e. The van der Waals surface area contributed by atoms with Crippen molar-refractivity contribution in [2.75, 3.05) is 20.8 Å². The van der Waals surface area contributed by atoms with Crippen molar-refractivity contribution >= 4 is 17.6 Å². The first-order chi connectivity index (χ1) is 30.1. The number of aryl methyl sites for hydroxylation is 1. The highest BCUT2D eigenvalue weighted by Crippen LogP contribution is 2.39. The number of unbranched alkanes of at least 4 members (excludes halogenated alkanes) is 15. The van der Waals surface area contributed by atoms with Crippen LogP contribution in [0.1, 0.15) is 213 Å². The molecule has 0 aromatic heterocycles. The number of ether oxygens (including phenoxy) is 2. The van der Waals surface area contributed by atoms with Gasteiger partial charge in [-0.05, 0) is 89.1 Å². The summed E-state index contributed by atoms with van der Waals surface area (Å²) < 4.78 is 11.0. The number of hydrogen-bond acceptors (Lipinski definition) is 8. The van der Waals surface area contributed by atoms with Crippen LogP contribution in [-0.2, 0) is 39.4 Å². The van der Waals surface area contributed by atoms with Gasteiger partial charge < -0.3 is 14.6 Å². The molecule has 0 aliphatic rings. The fourth-order valence-electron chi connectivity index (χ4n) is 8.31. The molecule has 0 spiro atoms. The van der Waals surface area contributed by atoms with Gasteiger partial charge in [0.25, 0.3) is 0 Å². The predicted molar refractivity (Wildman–Crippen MR) is 258 cm³/mol. The van der Waals surface area contributed by atoms with Crippen molar-refractivity contribution in [3.8, 4) is 23.6 Å². The summed E-state index contributed by atoms with van der Waals surface area (Å²) in [6.07, 6.45) is 24.0. The highest BCUT2D eigenvalue weighted by atomic mass is 35.5. The number of phenols is 1. The maximum atomic E-state index is 11.9. The molecule has 9 heteroatoms. The molecule has 1 N–H and O–H groups in total. The van der Waals surface area contributed by atoms with Crippen molar-refractivity contribution in [3.63, 3.8) is 0 Å². The average Bonchev–Trinajstić information content (AvgIpc) is 3.25. The van der Waals surface area contributed by atoms with Crippen LogP contribution in [0.5, 0.6) is 11.5 Å². The van der Waals surface area contributed by atoms with E-state index in [1.54, 1.807) is 18.2 Å². The van der Waals surface area contributed by atoms with E-state index in [-0.39, 0.29) is 28.7 Å². The molecule has 0 saturated heterocycles. The SMILES string of the molecule is CCCCCCCCCCCCCc1cc(COOC)c(O)c(C(=O)OC)c1.CCCCCCCCOc1ccc(C(C)(C)CC(C)(C)C)cc1Cc1cc(C#N)c(C#N)cc1Cl. The second-order valence-electron chi connectivity index (χ2n) is 18.8. The molecule has 63 heavy (non-hydrogen) atoms. The van der Waals surface area contributed by atoms with Crippen LogP contribution in [0.2, 0.25) is 5.02 Å². The molecular formula is C54H79ClN2O6. The Morgan fingerprint density at radius 2 is 1.25 bits per heavy atom. The Balaban J connectivity index is 0.000000445. The van der Waals surface area contributed by atoms with Crippen LogP contribution in [0.25, 0.3) is 0 Å². The Bertz CT molecular complexity index is 1890. The summed E-state index contributed by atoms with van der Waals surface area (Å²) in [4.78, 5) is 21.5. The fraction of sp³-hybridized carbons (Fsp3) is 0.611. The number of esters is 1. The van der Waals surface area contributed by atoms with E-state index < -0.39 is 5.97 Å². The number of nitrogens with zero attached hydrogens (tertiary/aromatic N) is 2. The van der Waals surface area contributed by atoms with Crippen LogP contribution >= 0.6 is 11.6 Å². The molecule has 0 bridgehead atoms. The van der Waals surface area contributed by atoms with E-state index in [4.69, 9.17) is 26.0 Å². The summed E-state index contributed by atoms with van der Waals surface area (Å²) in [5.74, 6) is 0.219. The zero-order valence-electron chi connectivity index (χ0n) is 40.4. The molecule has 0 radical (unpaired) electrons. The van der Waals surface area contributed by atoms with Gasteiger partial charge >= 0.3 is 5.97 Å². The highest BCUT2D eigenvalue weighted by molar-refractivity contribution is 6.31. The summed E-state index contributed by atoms with van der Waals surface area (Å²) in [6.45, 7) is 16.6. The standard InChI is InChI=1S/C31H41ClN2O.C23H38O5/c1-7-8-9-10-11-12-15-35-29-14-13-27(31(5,6)22-30(2,3)4)18-24(29)16-23-17-25(20-33)26(21-34)19-28(23)32;1-4-5-6-7-8-9-10-11-12-13-14-15-19-16-20(18-28-27-3)22(24)21(17-19)23(25)26-2/h13-14,17-19H,7-12,15-16,22H2,1-6H3;16-17,24H,4-15,18H2,1-3H3. The van der Waals surface area contributed by atoms with Gasteiger partial charge in [0, 0.05) is 17.0 Å². The highest BCUT2D eigenvalue weighted by Gasteiger charge is 2.28. The smallest absolute Gasteiger partial charge is 0.341 e. The minimum atomic E-state index is -0.544. The number of carbonyl (C=O) groups excluding carboxylic acids is 1. The Morgan fingerprint density at radius 3 is 1.79 bits per heavy atom. The predicted octanol–water partition coefficient (Wildman–Crippen LogP) is 15.2. The lowest BCUT2D eigenvalue weighted by atomic mass is 9.72. The van der Waals surface area contributed by atoms with Gasteiger partial charge in [0.15, 0.2) is 0 Å². The molecule has 3 rings (SSSR count). The van der Waals surface area contributed by atoms with E-state index in [9.17, 15) is 20.4 Å². The minimum Gasteiger partial charge on any atom is -0.507 e. The van der Waals surface area contributed by atoms with E-state index in [1.165, 1.54) is 116 Å². The van der Waals surface area contributed by atoms with Crippen molar-refractivity contribution in [1.29, 1.82) is 10.5 Å². The van der Waals surface area contributed by atoms with Crippen LogP contribution in [0.15, 0.2) is 42.5 Å². The zero-order chi connectivity index (χ0) is 46.7. The van der Waals surface area contributed by atoms with Crippen LogP contribution < -0.4 is 4.74 Å². The number of methoxy groups -OCH3 is 1. The first kappa shape index (κ1) is 55.1. The van der Waals surface area contributed by atoms with Gasteiger partial charge in [-0.15, -0.1) is 0 Å². The molecule has 0 saturated carbocycles. The summed E-state index contributed by atoms with van der Waals surface area (Å²) in [7, 11) is 2.72. The summed E-state index contributed by atoms with van der Waals surface area (Å²) in [5.41, 5.74) is 5.73. The van der Waals surface area contributed by atoms with Crippen molar-refractivity contribution in [2.24, 2.45) is 5.41 Å². The molecule has 0 fully saturated rings. The van der Waals surface area contributed by atoms with Crippen LogP contribution in [0.3, 0.4) is 0 Å². The van der Waals surface area contributed by atoms with E-state index >= 15 is 0 Å². The number of aromatic hydroxyl groups is 1. The number of hydrogen-bond donors (Lipinski definition) is 1. The number of benzene rings is 3. The number of rotatable bonds is 28. The van der Waals surface area contributed by atoms with Gasteiger partial charge in [0.05, 0.1) is 32.0 Å². The summed E-state index contributed by atoms with van der Waals surface area (Å²) >= 11 is 6.54. The number of halogens is 1. The Hall–Kier alpha value is -4.08. The third-order valence-electron chi connectivity index (χ3n) is 11.4. The monoisotopic (exact) mass is 887 g/mol. The third-order valence-corrected chi connectivity index (χ3v) is 11.8. The van der Waals surface area contributed by atoms with Crippen molar-refractivity contribution in [1.82, 2.24) is 0 Å². The largest absolute Gasteiger partial charge is 0.507 e. The normalized spacial score (nSPS) is 11.4. The molecule has 3 aromatic carbocycles. The van der Waals surface area contributed by atoms with Crippen LogP contribution in [0, 0.1) is 28.1 Å². The van der Waals surface area contributed by atoms with E-state index in [0.29, 0.717) is 34.7 Å². The maximum absolute atomic E-state index is 11.9. The Kier molecular flexibility index (Phi) is 26.3. The molecule has 0 amide bonds. The molecule has 0 atom stereocenters. The lowest BCUT2D eigenvalue weighted by molar-refractivity contribution is -0.282. The quantitative estimate of drug-likeness (QED) is 0.0331. The first-order valence-corrected chi connectivity index (χ1v) is 24.0. The zero-order valence-corrected chi connectivity index (χ0v) is 41.1. The van der Waals surface area contributed by atoms with Crippen LogP contribution in [0.4, 0.5) is 0 Å². The number of phenolic OH excluding ortho intramolecular Hbond substituents is 1. The second kappa shape index (κ2) is 30.1. The molecule has 0 heterocycles. The topological polar surface area (TPSA) is 122 Å². The van der Waals surface area contributed by atoms with Crippen molar-refractivity contribution < 1.29 is 29.1 Å². The minimum absolute atomic E-state index is 0.00289. The van der Waals surface area contributed by atoms with Crippen molar-refractivity contribution in [3.05, 3.63) is 92.0 Å². The van der Waals surface area contributed by atoms with Gasteiger partial charge in [-0.2, -0.15) is 10.5 Å². The van der Waals surface area contributed by atoms with Crippen LogP contribution in [-0.4, -0.2) is 31.9 Å². The average molecular weight is 888 g/mol. The fourth-order valence-corrected chi connectivity index (χ4v) is 8.54. The Morgan fingerprint density at radius 1 is 0.698 bits per heavy atom. The van der Waals surface area contributed by atoms with E-state index in [2.05, 4.69) is 83.7 Å². The molecule has 0 unspecified atom stereocenters. The van der Waals surface area contributed by atoms with Crippen molar-refractivity contribution in [2.45, 2.75) is 189 Å². The molecule has 3 aromatic rings. The lowest BCUT2D eigenvalue weighted by Gasteiger charge is -2.33. The van der Waals surface area contributed by atoms with E-state index in [0.717, 1.165) is 48.1 Å². The second-order valence-corrected chi connectivity index (χ2v) is 19.2. The van der Waals surface area contributed by atoms with Gasteiger partial charge in [0.2, 0.25) is 0 Å². The molecule has 348 valence electrons. The lowest BCUT2D eigenvalue weighted by Crippen LogP contribution is -2.25. The van der Waals surface area contributed by atoms with Gasteiger partial charge in [-0.1, -0.05) is 169 Å². The summed E-state index contributed by atoms with van der Waals surface area (Å²) in [6, 6.07) is 17.6. The van der Waals surface area contributed by atoms with Gasteiger partial charge in [-0.25, -0.2) is 14.6 Å². The van der Waals surface area contributed by atoms with E-state index in [1.807, 2.05) is 6.07 Å². The van der Waals surface area contributed by atoms with Gasteiger partial charge in [-0.3, -0.25) is 0 Å². The number of carbonyl (C=O) groups is 1. The summed E-state index contributed by atoms with van der Waals surface area (Å²) in [5, 5.41) is 29.6.